The van der Waals surface area contributed by atoms with Gasteiger partial charge in [-0.1, -0.05) is 11.6 Å². The molecular formula is C13H17ClN4. The standard InChI is InChI=1S/C13H17ClN4/c1-17(6-2-7-18-8-5-16-11-18)10-12-3-4-15-9-13(12)14/h3-5,8-9,11H,2,6-7,10H2,1H3. The number of pyridine rings is 1. The second-order valence-corrected chi connectivity index (χ2v) is 4.77. The van der Waals surface area contributed by atoms with Crippen molar-refractivity contribution in [2.75, 3.05) is 13.6 Å². The number of halogens is 1. The summed E-state index contributed by atoms with van der Waals surface area (Å²) in [5, 5.41) is 0.735. The summed E-state index contributed by atoms with van der Waals surface area (Å²) in [4.78, 5) is 10.3. The molecule has 96 valence electrons. The van der Waals surface area contributed by atoms with Gasteiger partial charge in [0.15, 0.2) is 0 Å². The quantitative estimate of drug-likeness (QED) is 0.804. The molecule has 0 spiro atoms. The Morgan fingerprint density at radius 2 is 2.22 bits per heavy atom. The highest BCUT2D eigenvalue weighted by Gasteiger charge is 2.04. The van der Waals surface area contributed by atoms with E-state index in [2.05, 4.69) is 26.5 Å². The average Bonchev–Trinajstić information content (AvgIpc) is 2.85. The minimum atomic E-state index is 0.735. The molecule has 2 aromatic heterocycles. The lowest BCUT2D eigenvalue weighted by Gasteiger charge is -2.17. The van der Waals surface area contributed by atoms with Crippen LogP contribution in [0, 0.1) is 0 Å². The van der Waals surface area contributed by atoms with Crippen molar-refractivity contribution in [3.8, 4) is 0 Å². The lowest BCUT2D eigenvalue weighted by atomic mass is 10.2. The molecule has 0 unspecified atom stereocenters. The van der Waals surface area contributed by atoms with Crippen LogP contribution in [0.25, 0.3) is 0 Å². The molecule has 2 heterocycles. The van der Waals surface area contributed by atoms with Gasteiger partial charge in [0.25, 0.3) is 0 Å². The second kappa shape index (κ2) is 6.52. The zero-order valence-corrected chi connectivity index (χ0v) is 11.2. The molecule has 0 bridgehead atoms. The summed E-state index contributed by atoms with van der Waals surface area (Å²) in [6.07, 6.45) is 10.2. The van der Waals surface area contributed by atoms with Gasteiger partial charge in [0, 0.05) is 37.9 Å². The highest BCUT2D eigenvalue weighted by molar-refractivity contribution is 6.31. The number of aryl methyl sites for hydroxylation is 1. The zero-order valence-electron chi connectivity index (χ0n) is 10.5. The van der Waals surface area contributed by atoms with Gasteiger partial charge in [-0.2, -0.15) is 0 Å². The molecule has 0 saturated carbocycles. The van der Waals surface area contributed by atoms with Gasteiger partial charge in [0.2, 0.25) is 0 Å². The molecule has 0 aliphatic heterocycles. The van der Waals surface area contributed by atoms with E-state index >= 15 is 0 Å². The van der Waals surface area contributed by atoms with Crippen molar-refractivity contribution in [1.29, 1.82) is 0 Å². The molecule has 0 aromatic carbocycles. The normalized spacial score (nSPS) is 11.1. The lowest BCUT2D eigenvalue weighted by Crippen LogP contribution is -2.20. The minimum Gasteiger partial charge on any atom is -0.337 e. The van der Waals surface area contributed by atoms with Crippen LogP contribution in [0.3, 0.4) is 0 Å². The fourth-order valence-corrected chi connectivity index (χ4v) is 2.02. The maximum atomic E-state index is 6.08. The maximum absolute atomic E-state index is 6.08. The van der Waals surface area contributed by atoms with Crippen molar-refractivity contribution in [3.63, 3.8) is 0 Å². The smallest absolute Gasteiger partial charge is 0.0945 e. The van der Waals surface area contributed by atoms with Gasteiger partial charge in [0.05, 0.1) is 11.3 Å². The van der Waals surface area contributed by atoms with Crippen molar-refractivity contribution in [3.05, 3.63) is 47.8 Å². The average molecular weight is 265 g/mol. The largest absolute Gasteiger partial charge is 0.337 e. The molecule has 4 nitrogen and oxygen atoms in total. The van der Waals surface area contributed by atoms with Crippen LogP contribution < -0.4 is 0 Å². The molecule has 0 amide bonds. The molecular weight excluding hydrogens is 248 g/mol. The van der Waals surface area contributed by atoms with Crippen LogP contribution in [0.2, 0.25) is 5.02 Å². The highest BCUT2D eigenvalue weighted by Crippen LogP contribution is 2.15. The number of hydrogen-bond donors (Lipinski definition) is 0. The Morgan fingerprint density at radius 3 is 2.94 bits per heavy atom. The first-order valence-corrected chi connectivity index (χ1v) is 6.36. The summed E-state index contributed by atoms with van der Waals surface area (Å²) in [7, 11) is 2.10. The summed E-state index contributed by atoms with van der Waals surface area (Å²) in [5.41, 5.74) is 1.12. The van der Waals surface area contributed by atoms with Crippen LogP contribution in [0.1, 0.15) is 12.0 Å². The molecule has 0 radical (unpaired) electrons. The van der Waals surface area contributed by atoms with Gasteiger partial charge in [-0.25, -0.2) is 4.98 Å². The Kier molecular flexibility index (Phi) is 4.73. The van der Waals surface area contributed by atoms with E-state index in [-0.39, 0.29) is 0 Å². The predicted octanol–water partition coefficient (Wildman–Crippen LogP) is 2.45. The Bertz CT molecular complexity index is 470. The van der Waals surface area contributed by atoms with Gasteiger partial charge >= 0.3 is 0 Å². The summed E-state index contributed by atoms with van der Waals surface area (Å²) in [6, 6.07) is 1.97. The fourth-order valence-electron chi connectivity index (χ4n) is 1.84. The van der Waals surface area contributed by atoms with E-state index in [1.165, 1.54) is 0 Å². The number of rotatable bonds is 6. The third kappa shape index (κ3) is 3.82. The van der Waals surface area contributed by atoms with E-state index < -0.39 is 0 Å². The third-order valence-electron chi connectivity index (χ3n) is 2.81. The van der Waals surface area contributed by atoms with Crippen LogP contribution in [0.15, 0.2) is 37.2 Å². The monoisotopic (exact) mass is 264 g/mol. The summed E-state index contributed by atoms with van der Waals surface area (Å²) < 4.78 is 2.09. The van der Waals surface area contributed by atoms with Crippen LogP contribution in [-0.4, -0.2) is 33.0 Å². The first-order valence-electron chi connectivity index (χ1n) is 5.98. The summed E-state index contributed by atoms with van der Waals surface area (Å²) in [5.74, 6) is 0. The molecule has 0 atom stereocenters. The van der Waals surface area contributed by atoms with Crippen molar-refractivity contribution in [1.82, 2.24) is 19.4 Å². The second-order valence-electron chi connectivity index (χ2n) is 4.36. The Hall–Kier alpha value is -1.39. The van der Waals surface area contributed by atoms with Crippen molar-refractivity contribution in [2.45, 2.75) is 19.5 Å². The Balaban J connectivity index is 1.75. The first kappa shape index (κ1) is 13.1. The van der Waals surface area contributed by atoms with Crippen molar-refractivity contribution >= 4 is 11.6 Å². The molecule has 0 N–H and O–H groups in total. The SMILES string of the molecule is CN(CCCn1ccnc1)Cc1ccncc1Cl. The minimum absolute atomic E-state index is 0.735. The van der Waals surface area contributed by atoms with Gasteiger partial charge < -0.3 is 9.47 Å². The molecule has 0 aliphatic carbocycles. The Morgan fingerprint density at radius 1 is 1.33 bits per heavy atom. The van der Waals surface area contributed by atoms with E-state index in [4.69, 9.17) is 11.6 Å². The lowest BCUT2D eigenvalue weighted by molar-refractivity contribution is 0.314. The third-order valence-corrected chi connectivity index (χ3v) is 3.15. The van der Waals surface area contributed by atoms with E-state index in [9.17, 15) is 0 Å². The van der Waals surface area contributed by atoms with Crippen molar-refractivity contribution in [2.24, 2.45) is 0 Å². The fraction of sp³-hybridized carbons (Fsp3) is 0.385. The molecule has 0 saturated heterocycles. The molecule has 5 heteroatoms. The van der Waals surface area contributed by atoms with Crippen molar-refractivity contribution < 1.29 is 0 Å². The topological polar surface area (TPSA) is 34.0 Å². The number of nitrogens with zero attached hydrogens (tertiary/aromatic N) is 4. The van der Waals surface area contributed by atoms with Gasteiger partial charge in [-0.05, 0) is 31.6 Å². The molecule has 2 rings (SSSR count). The highest BCUT2D eigenvalue weighted by atomic mass is 35.5. The number of imidazole rings is 1. The number of hydrogen-bond acceptors (Lipinski definition) is 3. The molecule has 18 heavy (non-hydrogen) atoms. The molecule has 0 aliphatic rings. The van der Waals surface area contributed by atoms with E-state index in [1.54, 1.807) is 18.6 Å². The van der Waals surface area contributed by atoms with Gasteiger partial charge in [0.1, 0.15) is 0 Å². The predicted molar refractivity (Wildman–Crippen MR) is 72.4 cm³/mol. The Labute approximate surface area is 112 Å². The van der Waals surface area contributed by atoms with E-state index in [0.717, 1.165) is 36.6 Å². The summed E-state index contributed by atoms with van der Waals surface area (Å²) >= 11 is 6.08. The van der Waals surface area contributed by atoms with Gasteiger partial charge in [-0.15, -0.1) is 0 Å². The van der Waals surface area contributed by atoms with E-state index in [0.29, 0.717) is 0 Å². The van der Waals surface area contributed by atoms with Crippen LogP contribution >= 0.6 is 11.6 Å². The maximum Gasteiger partial charge on any atom is 0.0945 e. The van der Waals surface area contributed by atoms with Crippen LogP contribution in [0.5, 0.6) is 0 Å². The molecule has 0 fully saturated rings. The van der Waals surface area contributed by atoms with E-state index in [1.807, 2.05) is 18.6 Å². The van der Waals surface area contributed by atoms with Gasteiger partial charge in [-0.3, -0.25) is 4.98 Å². The number of aromatic nitrogens is 3. The van der Waals surface area contributed by atoms with Crippen LogP contribution in [-0.2, 0) is 13.1 Å². The van der Waals surface area contributed by atoms with Crippen LogP contribution in [0.4, 0.5) is 0 Å². The zero-order chi connectivity index (χ0) is 12.8. The first-order chi connectivity index (χ1) is 8.75. The molecule has 2 aromatic rings. The summed E-state index contributed by atoms with van der Waals surface area (Å²) in [6.45, 7) is 2.87.